The molecular formula is C20H24N2O3. The van der Waals surface area contributed by atoms with Crippen molar-refractivity contribution in [2.45, 2.75) is 13.0 Å². The third kappa shape index (κ3) is 5.31. The summed E-state index contributed by atoms with van der Waals surface area (Å²) in [5.74, 6) is -0.896. The van der Waals surface area contributed by atoms with Gasteiger partial charge in [0.25, 0.3) is 0 Å². The number of nitrogens with one attached hydrogen (secondary N) is 1. The minimum atomic E-state index is -0.896. The number of nitrogens with zero attached hydrogens (tertiary/aromatic N) is 1. The fourth-order valence-corrected chi connectivity index (χ4v) is 2.87. The number of rotatable bonds is 7. The Morgan fingerprint density at radius 2 is 1.64 bits per heavy atom. The molecule has 0 aliphatic carbocycles. The molecule has 1 heterocycles. The second kappa shape index (κ2) is 8.65. The number of hydrogen-bond donors (Lipinski definition) is 2. The molecule has 132 valence electrons. The van der Waals surface area contributed by atoms with E-state index in [0.717, 1.165) is 50.5 Å². The van der Waals surface area contributed by atoms with Gasteiger partial charge in [0.15, 0.2) is 0 Å². The molecule has 1 saturated heterocycles. The molecule has 0 amide bonds. The van der Waals surface area contributed by atoms with Gasteiger partial charge >= 0.3 is 5.97 Å². The van der Waals surface area contributed by atoms with Crippen LogP contribution < -0.4 is 5.32 Å². The largest absolute Gasteiger partial charge is 0.478 e. The molecule has 25 heavy (non-hydrogen) atoms. The SMILES string of the molecule is O=C(O)c1ccc(CNc2ccc(CCN3CCOCC3)cc2)cc1. The summed E-state index contributed by atoms with van der Waals surface area (Å²) in [6.45, 7) is 5.49. The summed E-state index contributed by atoms with van der Waals surface area (Å²) >= 11 is 0. The van der Waals surface area contributed by atoms with E-state index in [0.29, 0.717) is 12.1 Å². The zero-order chi connectivity index (χ0) is 17.5. The molecule has 2 aromatic carbocycles. The average molecular weight is 340 g/mol. The molecule has 5 heteroatoms. The van der Waals surface area contributed by atoms with Gasteiger partial charge in [-0.25, -0.2) is 4.79 Å². The van der Waals surface area contributed by atoms with Crippen LogP contribution in [-0.4, -0.2) is 48.8 Å². The molecule has 2 N–H and O–H groups in total. The summed E-state index contributed by atoms with van der Waals surface area (Å²) < 4.78 is 5.37. The quantitative estimate of drug-likeness (QED) is 0.811. The highest BCUT2D eigenvalue weighted by molar-refractivity contribution is 5.87. The average Bonchev–Trinajstić information content (AvgIpc) is 2.67. The lowest BCUT2D eigenvalue weighted by Gasteiger charge is -2.26. The van der Waals surface area contributed by atoms with Crippen molar-refractivity contribution in [3.05, 3.63) is 65.2 Å². The van der Waals surface area contributed by atoms with Crippen molar-refractivity contribution in [2.24, 2.45) is 0 Å². The van der Waals surface area contributed by atoms with Gasteiger partial charge in [-0.1, -0.05) is 24.3 Å². The van der Waals surface area contributed by atoms with E-state index in [2.05, 4.69) is 34.5 Å². The Morgan fingerprint density at radius 1 is 1.00 bits per heavy atom. The molecule has 5 nitrogen and oxygen atoms in total. The van der Waals surface area contributed by atoms with Gasteiger partial charge in [0.2, 0.25) is 0 Å². The Labute approximate surface area is 148 Å². The fraction of sp³-hybridized carbons (Fsp3) is 0.350. The number of aromatic carboxylic acids is 1. The van der Waals surface area contributed by atoms with Gasteiger partial charge in [0.1, 0.15) is 0 Å². The van der Waals surface area contributed by atoms with E-state index in [1.165, 1.54) is 5.56 Å². The number of carboxylic acids is 1. The number of carboxylic acid groups (broad SMARTS) is 1. The number of benzene rings is 2. The van der Waals surface area contributed by atoms with Crippen molar-refractivity contribution in [1.29, 1.82) is 0 Å². The molecule has 0 unspecified atom stereocenters. The van der Waals surface area contributed by atoms with Gasteiger partial charge in [-0.15, -0.1) is 0 Å². The lowest BCUT2D eigenvalue weighted by Crippen LogP contribution is -2.37. The molecule has 0 bridgehead atoms. The van der Waals surface area contributed by atoms with Gasteiger partial charge in [0, 0.05) is 31.9 Å². The summed E-state index contributed by atoms with van der Waals surface area (Å²) in [6, 6.07) is 15.5. The highest BCUT2D eigenvalue weighted by atomic mass is 16.5. The summed E-state index contributed by atoms with van der Waals surface area (Å²) in [4.78, 5) is 13.3. The van der Waals surface area contributed by atoms with Crippen molar-refractivity contribution >= 4 is 11.7 Å². The van der Waals surface area contributed by atoms with Crippen LogP contribution in [0.5, 0.6) is 0 Å². The maximum atomic E-state index is 10.9. The van der Waals surface area contributed by atoms with Crippen LogP contribution in [0.1, 0.15) is 21.5 Å². The second-order valence-corrected chi connectivity index (χ2v) is 6.26. The van der Waals surface area contributed by atoms with Crippen molar-refractivity contribution < 1.29 is 14.6 Å². The third-order valence-electron chi connectivity index (χ3n) is 4.47. The number of anilines is 1. The van der Waals surface area contributed by atoms with Gasteiger partial charge in [-0.3, -0.25) is 4.90 Å². The van der Waals surface area contributed by atoms with Gasteiger partial charge in [0.05, 0.1) is 18.8 Å². The van der Waals surface area contributed by atoms with Crippen LogP contribution in [0.15, 0.2) is 48.5 Å². The first-order valence-electron chi connectivity index (χ1n) is 8.66. The van der Waals surface area contributed by atoms with Crippen LogP contribution in [0.2, 0.25) is 0 Å². The minimum absolute atomic E-state index is 0.313. The zero-order valence-corrected chi connectivity index (χ0v) is 14.3. The van der Waals surface area contributed by atoms with Crippen LogP contribution in [0.4, 0.5) is 5.69 Å². The van der Waals surface area contributed by atoms with E-state index in [1.807, 2.05) is 12.1 Å². The smallest absolute Gasteiger partial charge is 0.335 e. The third-order valence-corrected chi connectivity index (χ3v) is 4.47. The minimum Gasteiger partial charge on any atom is -0.478 e. The zero-order valence-electron chi connectivity index (χ0n) is 14.3. The standard InChI is InChI=1S/C20H24N2O3/c23-20(24)18-5-1-17(2-6-18)15-21-19-7-3-16(4-8-19)9-10-22-11-13-25-14-12-22/h1-8,21H,9-15H2,(H,23,24). The molecule has 0 radical (unpaired) electrons. The van der Waals surface area contributed by atoms with Crippen molar-refractivity contribution in [2.75, 3.05) is 38.2 Å². The molecule has 0 atom stereocenters. The van der Waals surface area contributed by atoms with Crippen LogP contribution in [0.3, 0.4) is 0 Å². The maximum Gasteiger partial charge on any atom is 0.335 e. The topological polar surface area (TPSA) is 61.8 Å². The molecular weight excluding hydrogens is 316 g/mol. The molecule has 0 aromatic heterocycles. The highest BCUT2D eigenvalue weighted by Crippen LogP contribution is 2.13. The molecule has 0 saturated carbocycles. The summed E-state index contributed by atoms with van der Waals surface area (Å²) in [5, 5.41) is 12.3. The van der Waals surface area contributed by atoms with Gasteiger partial charge < -0.3 is 15.2 Å². The maximum absolute atomic E-state index is 10.9. The summed E-state index contributed by atoms with van der Waals surface area (Å²) in [5.41, 5.74) is 3.77. The van der Waals surface area contributed by atoms with E-state index >= 15 is 0 Å². The van der Waals surface area contributed by atoms with E-state index in [4.69, 9.17) is 9.84 Å². The monoisotopic (exact) mass is 340 g/mol. The Morgan fingerprint density at radius 3 is 2.28 bits per heavy atom. The molecule has 3 rings (SSSR count). The van der Waals surface area contributed by atoms with Crippen molar-refractivity contribution in [1.82, 2.24) is 4.90 Å². The first kappa shape index (κ1) is 17.5. The number of carbonyl (C=O) groups is 1. The van der Waals surface area contributed by atoms with E-state index in [1.54, 1.807) is 12.1 Å². The van der Waals surface area contributed by atoms with Crippen molar-refractivity contribution in [3.63, 3.8) is 0 Å². The normalized spacial score (nSPS) is 15.0. The number of ether oxygens (including phenoxy) is 1. The van der Waals surface area contributed by atoms with Crippen LogP contribution in [0, 0.1) is 0 Å². The Balaban J connectivity index is 1.46. The van der Waals surface area contributed by atoms with Crippen LogP contribution in [-0.2, 0) is 17.7 Å². The predicted molar refractivity (Wildman–Crippen MR) is 98.1 cm³/mol. The van der Waals surface area contributed by atoms with Gasteiger partial charge in [-0.2, -0.15) is 0 Å². The fourth-order valence-electron chi connectivity index (χ4n) is 2.87. The molecule has 1 aliphatic heterocycles. The predicted octanol–water partition coefficient (Wildman–Crippen LogP) is 2.87. The highest BCUT2D eigenvalue weighted by Gasteiger charge is 2.09. The molecule has 0 spiro atoms. The summed E-state index contributed by atoms with van der Waals surface area (Å²) in [7, 11) is 0. The van der Waals surface area contributed by atoms with E-state index < -0.39 is 5.97 Å². The van der Waals surface area contributed by atoms with E-state index in [-0.39, 0.29) is 0 Å². The van der Waals surface area contributed by atoms with E-state index in [9.17, 15) is 4.79 Å². The van der Waals surface area contributed by atoms with Crippen molar-refractivity contribution in [3.8, 4) is 0 Å². The molecule has 1 aliphatic rings. The number of morpholine rings is 1. The van der Waals surface area contributed by atoms with Crippen LogP contribution >= 0.6 is 0 Å². The lowest BCUT2D eigenvalue weighted by molar-refractivity contribution is 0.0384. The van der Waals surface area contributed by atoms with Gasteiger partial charge in [-0.05, 0) is 41.8 Å². The molecule has 1 fully saturated rings. The Hall–Kier alpha value is -2.37. The van der Waals surface area contributed by atoms with Crippen LogP contribution in [0.25, 0.3) is 0 Å². The first-order valence-corrected chi connectivity index (χ1v) is 8.66. The Bertz CT molecular complexity index is 677. The lowest BCUT2D eigenvalue weighted by atomic mass is 10.1. The first-order chi connectivity index (χ1) is 12.2. The Kier molecular flexibility index (Phi) is 6.04. The number of hydrogen-bond acceptors (Lipinski definition) is 4. The molecule has 2 aromatic rings. The summed E-state index contributed by atoms with van der Waals surface area (Å²) in [6.07, 6.45) is 1.05. The second-order valence-electron chi connectivity index (χ2n) is 6.26.